The quantitative estimate of drug-likeness (QED) is 0.277. The third kappa shape index (κ3) is 5.13. The Morgan fingerprint density at radius 2 is 1.76 bits per heavy atom. The maximum absolute atomic E-state index is 12.9. The summed E-state index contributed by atoms with van der Waals surface area (Å²) in [5.74, 6) is -4.41. The molecular formula is C21H24BrNO6. The maximum atomic E-state index is 12.9. The Balaban J connectivity index is 2.62. The standard InChI is InChI=1S/C21H24BrNO6/c1-4-10-28-19(24)17-15(23-27)12-21(3,26)18(20(25)29-11-5-2)16(17)13-6-8-14(22)9-7-13/h4-9,16-18,26-27H,1-2,10-12H2,3H3/b23-15+/t16-,17-,18-,21+/m1/s1. The topological polar surface area (TPSA) is 105 Å². The summed E-state index contributed by atoms with van der Waals surface area (Å²) in [5.41, 5.74) is -0.993. The Hall–Kier alpha value is -2.45. The highest BCUT2D eigenvalue weighted by Gasteiger charge is 2.56. The number of aliphatic hydroxyl groups is 1. The molecule has 2 N–H and O–H groups in total. The molecule has 1 aromatic rings. The molecule has 0 aliphatic heterocycles. The Kier molecular flexibility index (Phi) is 7.75. The lowest BCUT2D eigenvalue weighted by molar-refractivity contribution is -0.162. The van der Waals surface area contributed by atoms with Crippen LogP contribution >= 0.6 is 15.9 Å². The third-order valence-corrected chi connectivity index (χ3v) is 5.39. The lowest BCUT2D eigenvalue weighted by atomic mass is 9.61. The molecule has 0 spiro atoms. The van der Waals surface area contributed by atoms with Gasteiger partial charge in [-0.2, -0.15) is 0 Å². The van der Waals surface area contributed by atoms with Crippen molar-refractivity contribution < 1.29 is 29.4 Å². The molecule has 1 fully saturated rings. The van der Waals surface area contributed by atoms with Crippen LogP contribution in [-0.4, -0.2) is 46.8 Å². The van der Waals surface area contributed by atoms with E-state index < -0.39 is 35.3 Å². The van der Waals surface area contributed by atoms with Gasteiger partial charge in [0.1, 0.15) is 19.1 Å². The van der Waals surface area contributed by atoms with Crippen LogP contribution < -0.4 is 0 Å². The highest BCUT2D eigenvalue weighted by atomic mass is 79.9. The first kappa shape index (κ1) is 22.8. The van der Waals surface area contributed by atoms with Crippen molar-refractivity contribution >= 4 is 33.6 Å². The SMILES string of the molecule is C=CCOC(=O)[C@@H]1/C(=N/O)C[C@](C)(O)[C@@H](C(=O)OCC=C)[C@@H]1c1ccc(Br)cc1. The summed E-state index contributed by atoms with van der Waals surface area (Å²) in [7, 11) is 0. The second kappa shape index (κ2) is 9.84. The molecule has 29 heavy (non-hydrogen) atoms. The Labute approximate surface area is 177 Å². The van der Waals surface area contributed by atoms with Gasteiger partial charge in [0.2, 0.25) is 0 Å². The van der Waals surface area contributed by atoms with Crippen LogP contribution in [0.3, 0.4) is 0 Å². The molecular weight excluding hydrogens is 442 g/mol. The highest BCUT2D eigenvalue weighted by Crippen LogP contribution is 2.47. The number of halogens is 1. The van der Waals surface area contributed by atoms with E-state index in [-0.39, 0.29) is 25.3 Å². The summed E-state index contributed by atoms with van der Waals surface area (Å²) in [5, 5.41) is 23.9. The van der Waals surface area contributed by atoms with E-state index in [2.05, 4.69) is 34.2 Å². The van der Waals surface area contributed by atoms with E-state index in [1.54, 1.807) is 24.3 Å². The predicted molar refractivity (Wildman–Crippen MR) is 111 cm³/mol. The van der Waals surface area contributed by atoms with Gasteiger partial charge in [-0.05, 0) is 24.6 Å². The Morgan fingerprint density at radius 3 is 2.28 bits per heavy atom. The van der Waals surface area contributed by atoms with Crippen LogP contribution in [-0.2, 0) is 19.1 Å². The molecule has 7 nitrogen and oxygen atoms in total. The number of esters is 2. The number of oxime groups is 1. The number of nitrogens with zero attached hydrogens (tertiary/aromatic N) is 1. The summed E-state index contributed by atoms with van der Waals surface area (Å²) in [4.78, 5) is 25.7. The average Bonchev–Trinajstić information content (AvgIpc) is 2.69. The molecule has 156 valence electrons. The van der Waals surface area contributed by atoms with Gasteiger partial charge in [-0.25, -0.2) is 0 Å². The number of rotatable bonds is 7. The molecule has 0 heterocycles. The predicted octanol–water partition coefficient (Wildman–Crippen LogP) is 3.21. The fraction of sp³-hybridized carbons (Fsp3) is 0.381. The van der Waals surface area contributed by atoms with Crippen LogP contribution in [0.5, 0.6) is 0 Å². The lowest BCUT2D eigenvalue weighted by Gasteiger charge is -2.44. The fourth-order valence-electron chi connectivity index (χ4n) is 3.69. The lowest BCUT2D eigenvalue weighted by Crippen LogP contribution is -2.55. The van der Waals surface area contributed by atoms with E-state index in [9.17, 15) is 19.9 Å². The molecule has 0 bridgehead atoms. The molecule has 8 heteroatoms. The van der Waals surface area contributed by atoms with Gasteiger partial charge in [0.25, 0.3) is 0 Å². The van der Waals surface area contributed by atoms with Crippen LogP contribution in [0.1, 0.15) is 24.8 Å². The molecule has 0 radical (unpaired) electrons. The molecule has 1 aliphatic rings. The Bertz CT molecular complexity index is 802. The number of ether oxygens (including phenoxy) is 2. The highest BCUT2D eigenvalue weighted by molar-refractivity contribution is 9.10. The first-order chi connectivity index (χ1) is 13.8. The third-order valence-electron chi connectivity index (χ3n) is 4.86. The van der Waals surface area contributed by atoms with Crippen molar-refractivity contribution in [1.29, 1.82) is 0 Å². The zero-order valence-corrected chi connectivity index (χ0v) is 17.7. The van der Waals surface area contributed by atoms with E-state index in [0.29, 0.717) is 5.56 Å². The number of benzene rings is 1. The van der Waals surface area contributed by atoms with E-state index in [1.807, 2.05) is 0 Å². The zero-order valence-electron chi connectivity index (χ0n) is 16.1. The molecule has 0 saturated heterocycles. The number of hydrogen-bond acceptors (Lipinski definition) is 7. The number of carbonyl (C=O) groups is 2. The fourth-order valence-corrected chi connectivity index (χ4v) is 3.95. The first-order valence-electron chi connectivity index (χ1n) is 9.00. The van der Waals surface area contributed by atoms with Crippen LogP contribution in [0.2, 0.25) is 0 Å². The van der Waals surface area contributed by atoms with Gasteiger partial charge >= 0.3 is 11.9 Å². The van der Waals surface area contributed by atoms with Crippen molar-refractivity contribution in [3.63, 3.8) is 0 Å². The minimum atomic E-state index is -1.62. The van der Waals surface area contributed by atoms with Gasteiger partial charge in [0.15, 0.2) is 0 Å². The van der Waals surface area contributed by atoms with Crippen LogP contribution in [0.25, 0.3) is 0 Å². The molecule has 1 aliphatic carbocycles. The zero-order chi connectivity index (χ0) is 21.6. The van der Waals surface area contributed by atoms with Gasteiger partial charge in [0.05, 0.1) is 17.2 Å². The largest absolute Gasteiger partial charge is 0.461 e. The Morgan fingerprint density at radius 1 is 1.21 bits per heavy atom. The number of carbonyl (C=O) groups excluding carboxylic acids is 2. The second-order valence-electron chi connectivity index (χ2n) is 7.00. The van der Waals surface area contributed by atoms with E-state index in [1.165, 1.54) is 19.1 Å². The van der Waals surface area contributed by atoms with E-state index >= 15 is 0 Å². The molecule has 0 unspecified atom stereocenters. The summed E-state index contributed by atoms with van der Waals surface area (Å²) >= 11 is 3.36. The van der Waals surface area contributed by atoms with Crippen molar-refractivity contribution in [3.05, 3.63) is 59.6 Å². The average molecular weight is 466 g/mol. The van der Waals surface area contributed by atoms with Gasteiger partial charge in [-0.15, -0.1) is 0 Å². The van der Waals surface area contributed by atoms with E-state index in [0.717, 1.165) is 4.47 Å². The summed E-state index contributed by atoms with van der Waals surface area (Å²) in [6.07, 6.45) is 2.63. The monoisotopic (exact) mass is 465 g/mol. The van der Waals surface area contributed by atoms with Gasteiger partial charge in [-0.3, -0.25) is 9.59 Å². The summed E-state index contributed by atoms with van der Waals surface area (Å²) in [6.45, 7) is 8.42. The van der Waals surface area contributed by atoms with Crippen molar-refractivity contribution in [2.75, 3.05) is 13.2 Å². The van der Waals surface area contributed by atoms with Crippen molar-refractivity contribution in [2.24, 2.45) is 17.0 Å². The number of hydrogen-bond donors (Lipinski definition) is 2. The van der Waals surface area contributed by atoms with Crippen LogP contribution in [0.15, 0.2) is 59.2 Å². The summed E-state index contributed by atoms with van der Waals surface area (Å²) < 4.78 is 11.2. The molecule has 1 aromatic carbocycles. The molecule has 4 atom stereocenters. The minimum Gasteiger partial charge on any atom is -0.461 e. The summed E-state index contributed by atoms with van der Waals surface area (Å²) in [6, 6.07) is 6.97. The van der Waals surface area contributed by atoms with Crippen LogP contribution in [0.4, 0.5) is 0 Å². The van der Waals surface area contributed by atoms with Crippen molar-refractivity contribution in [3.8, 4) is 0 Å². The molecule has 1 saturated carbocycles. The smallest absolute Gasteiger partial charge is 0.315 e. The molecule has 0 amide bonds. The molecule has 0 aromatic heterocycles. The van der Waals surface area contributed by atoms with Crippen molar-refractivity contribution in [1.82, 2.24) is 0 Å². The molecule has 2 rings (SSSR count). The minimum absolute atomic E-state index is 0.0322. The van der Waals surface area contributed by atoms with Gasteiger partial charge < -0.3 is 19.8 Å². The maximum Gasteiger partial charge on any atom is 0.315 e. The first-order valence-corrected chi connectivity index (χ1v) is 9.79. The second-order valence-corrected chi connectivity index (χ2v) is 7.91. The van der Waals surface area contributed by atoms with E-state index in [4.69, 9.17) is 9.47 Å². The van der Waals surface area contributed by atoms with Gasteiger partial charge in [0, 0.05) is 16.8 Å². The van der Waals surface area contributed by atoms with Gasteiger partial charge in [-0.1, -0.05) is 58.5 Å². The van der Waals surface area contributed by atoms with Crippen molar-refractivity contribution in [2.45, 2.75) is 24.9 Å². The normalized spacial score (nSPS) is 27.8. The van der Waals surface area contributed by atoms with Crippen LogP contribution in [0, 0.1) is 11.8 Å².